The molecule has 2 aromatic rings. The van der Waals surface area contributed by atoms with E-state index in [1.807, 2.05) is 19.3 Å². The van der Waals surface area contributed by atoms with Crippen molar-refractivity contribution in [3.8, 4) is 0 Å². The zero-order valence-corrected chi connectivity index (χ0v) is 11.9. The Balaban J connectivity index is 2.14. The van der Waals surface area contributed by atoms with Crippen molar-refractivity contribution < 1.29 is 4.79 Å². The van der Waals surface area contributed by atoms with Crippen LogP contribution in [0.3, 0.4) is 0 Å². The summed E-state index contributed by atoms with van der Waals surface area (Å²) in [6.45, 7) is 0.560. The number of carbonyl (C=O) groups excluding carboxylic acids is 1. The molecule has 0 aliphatic heterocycles. The molecule has 1 heterocycles. The van der Waals surface area contributed by atoms with Crippen molar-refractivity contribution in [2.75, 3.05) is 25.1 Å². The van der Waals surface area contributed by atoms with E-state index in [1.54, 1.807) is 37.0 Å². The molecule has 0 bridgehead atoms. The third kappa shape index (κ3) is 3.09. The summed E-state index contributed by atoms with van der Waals surface area (Å²) in [5.41, 5.74) is 8.79. The summed E-state index contributed by atoms with van der Waals surface area (Å²) >= 11 is 0. The third-order valence-corrected chi connectivity index (χ3v) is 2.94. The van der Waals surface area contributed by atoms with Crippen molar-refractivity contribution in [2.24, 2.45) is 7.05 Å². The SMILES string of the molecule is CN(C)C(=O)c1ccc(N)c(NCc2ccn(C)n2)c1. The molecule has 0 fully saturated rings. The first kappa shape index (κ1) is 13.9. The Morgan fingerprint density at radius 3 is 2.75 bits per heavy atom. The van der Waals surface area contributed by atoms with E-state index in [4.69, 9.17) is 5.73 Å². The lowest BCUT2D eigenvalue weighted by Gasteiger charge is -2.13. The smallest absolute Gasteiger partial charge is 0.253 e. The van der Waals surface area contributed by atoms with Gasteiger partial charge in [0, 0.05) is 32.9 Å². The van der Waals surface area contributed by atoms with Gasteiger partial charge in [-0.1, -0.05) is 0 Å². The highest BCUT2D eigenvalue weighted by Crippen LogP contribution is 2.21. The molecule has 20 heavy (non-hydrogen) atoms. The molecule has 1 aromatic heterocycles. The normalized spacial score (nSPS) is 10.3. The first-order valence-corrected chi connectivity index (χ1v) is 6.31. The van der Waals surface area contributed by atoms with Gasteiger partial charge in [-0.3, -0.25) is 9.48 Å². The number of nitrogens with one attached hydrogen (secondary N) is 1. The number of hydrogen-bond donors (Lipinski definition) is 2. The van der Waals surface area contributed by atoms with E-state index in [1.165, 1.54) is 4.90 Å². The van der Waals surface area contributed by atoms with Crippen molar-refractivity contribution in [2.45, 2.75) is 6.54 Å². The van der Waals surface area contributed by atoms with Crippen LogP contribution in [0.5, 0.6) is 0 Å². The number of benzene rings is 1. The van der Waals surface area contributed by atoms with Crippen molar-refractivity contribution >= 4 is 17.3 Å². The molecule has 0 aliphatic rings. The maximum absolute atomic E-state index is 11.9. The Hall–Kier alpha value is -2.50. The van der Waals surface area contributed by atoms with Crippen LogP contribution in [0.4, 0.5) is 11.4 Å². The highest BCUT2D eigenvalue weighted by molar-refractivity contribution is 5.95. The Kier molecular flexibility index (Phi) is 3.93. The first-order chi connectivity index (χ1) is 9.47. The Labute approximate surface area is 118 Å². The minimum absolute atomic E-state index is 0.0501. The van der Waals surface area contributed by atoms with Gasteiger partial charge in [-0.2, -0.15) is 5.10 Å². The van der Waals surface area contributed by atoms with Crippen molar-refractivity contribution in [3.05, 3.63) is 41.7 Å². The molecular formula is C14H19N5O. The lowest BCUT2D eigenvalue weighted by molar-refractivity contribution is 0.0827. The summed E-state index contributed by atoms with van der Waals surface area (Å²) in [5, 5.41) is 7.48. The predicted octanol–water partition coefficient (Wildman–Crippen LogP) is 1.32. The average molecular weight is 273 g/mol. The van der Waals surface area contributed by atoms with Crippen molar-refractivity contribution in [1.29, 1.82) is 0 Å². The fraction of sp³-hybridized carbons (Fsp3) is 0.286. The van der Waals surface area contributed by atoms with Gasteiger partial charge in [-0.15, -0.1) is 0 Å². The van der Waals surface area contributed by atoms with E-state index in [9.17, 15) is 4.79 Å². The van der Waals surface area contributed by atoms with Crippen LogP contribution < -0.4 is 11.1 Å². The van der Waals surface area contributed by atoms with E-state index in [0.29, 0.717) is 17.8 Å². The zero-order chi connectivity index (χ0) is 14.7. The monoisotopic (exact) mass is 273 g/mol. The summed E-state index contributed by atoms with van der Waals surface area (Å²) in [4.78, 5) is 13.5. The molecular weight excluding hydrogens is 254 g/mol. The molecule has 106 valence electrons. The molecule has 0 spiro atoms. The van der Waals surface area contributed by atoms with Crippen molar-refractivity contribution in [1.82, 2.24) is 14.7 Å². The third-order valence-electron chi connectivity index (χ3n) is 2.94. The summed E-state index contributed by atoms with van der Waals surface area (Å²) in [6.07, 6.45) is 1.88. The highest BCUT2D eigenvalue weighted by atomic mass is 16.2. The van der Waals surface area contributed by atoms with E-state index in [2.05, 4.69) is 10.4 Å². The maximum atomic E-state index is 11.9. The molecule has 0 aliphatic carbocycles. The van der Waals surface area contributed by atoms with E-state index < -0.39 is 0 Å². The summed E-state index contributed by atoms with van der Waals surface area (Å²) in [7, 11) is 5.31. The average Bonchev–Trinajstić information content (AvgIpc) is 2.82. The van der Waals surface area contributed by atoms with Gasteiger partial charge in [-0.05, 0) is 24.3 Å². The number of amides is 1. The van der Waals surface area contributed by atoms with Crippen LogP contribution in [0, 0.1) is 0 Å². The number of nitrogens with zero attached hydrogens (tertiary/aromatic N) is 3. The van der Waals surface area contributed by atoms with E-state index in [-0.39, 0.29) is 5.91 Å². The van der Waals surface area contributed by atoms with Gasteiger partial charge in [0.1, 0.15) is 0 Å². The fourth-order valence-corrected chi connectivity index (χ4v) is 1.84. The Morgan fingerprint density at radius 2 is 2.15 bits per heavy atom. The molecule has 3 N–H and O–H groups in total. The van der Waals surface area contributed by atoms with Gasteiger partial charge in [0.05, 0.1) is 23.6 Å². The van der Waals surface area contributed by atoms with Crippen LogP contribution in [-0.4, -0.2) is 34.7 Å². The number of aromatic nitrogens is 2. The number of rotatable bonds is 4. The number of aryl methyl sites for hydroxylation is 1. The quantitative estimate of drug-likeness (QED) is 0.824. The number of hydrogen-bond acceptors (Lipinski definition) is 4. The van der Waals surface area contributed by atoms with Gasteiger partial charge >= 0.3 is 0 Å². The van der Waals surface area contributed by atoms with Crippen LogP contribution in [0.15, 0.2) is 30.5 Å². The molecule has 2 rings (SSSR count). The molecule has 0 radical (unpaired) electrons. The Morgan fingerprint density at radius 1 is 1.40 bits per heavy atom. The number of anilines is 2. The van der Waals surface area contributed by atoms with E-state index in [0.717, 1.165) is 11.4 Å². The van der Waals surface area contributed by atoms with Crippen LogP contribution in [0.25, 0.3) is 0 Å². The molecule has 0 saturated carbocycles. The maximum Gasteiger partial charge on any atom is 0.253 e. The topological polar surface area (TPSA) is 76.2 Å². The van der Waals surface area contributed by atoms with Crippen LogP contribution >= 0.6 is 0 Å². The fourth-order valence-electron chi connectivity index (χ4n) is 1.84. The van der Waals surface area contributed by atoms with Crippen LogP contribution in [-0.2, 0) is 13.6 Å². The number of carbonyl (C=O) groups is 1. The van der Waals surface area contributed by atoms with Crippen LogP contribution in [0.2, 0.25) is 0 Å². The van der Waals surface area contributed by atoms with Gasteiger partial charge < -0.3 is 16.0 Å². The van der Waals surface area contributed by atoms with Gasteiger partial charge in [-0.25, -0.2) is 0 Å². The minimum Gasteiger partial charge on any atom is -0.397 e. The zero-order valence-electron chi connectivity index (χ0n) is 11.9. The summed E-state index contributed by atoms with van der Waals surface area (Å²) < 4.78 is 1.74. The highest BCUT2D eigenvalue weighted by Gasteiger charge is 2.10. The molecule has 0 atom stereocenters. The van der Waals surface area contributed by atoms with E-state index >= 15 is 0 Å². The lowest BCUT2D eigenvalue weighted by atomic mass is 10.1. The second-order valence-electron chi connectivity index (χ2n) is 4.84. The summed E-state index contributed by atoms with van der Waals surface area (Å²) in [6, 6.07) is 7.15. The molecule has 6 nitrogen and oxygen atoms in total. The molecule has 1 amide bonds. The number of nitrogens with two attached hydrogens (primary N) is 1. The molecule has 1 aromatic carbocycles. The first-order valence-electron chi connectivity index (χ1n) is 6.31. The largest absolute Gasteiger partial charge is 0.397 e. The van der Waals surface area contributed by atoms with Gasteiger partial charge in [0.15, 0.2) is 0 Å². The molecule has 6 heteroatoms. The number of nitrogen functional groups attached to an aromatic ring is 1. The second-order valence-corrected chi connectivity index (χ2v) is 4.84. The van der Waals surface area contributed by atoms with Crippen molar-refractivity contribution in [3.63, 3.8) is 0 Å². The van der Waals surface area contributed by atoms with Crippen LogP contribution in [0.1, 0.15) is 16.1 Å². The molecule has 0 unspecified atom stereocenters. The molecule has 0 saturated heterocycles. The minimum atomic E-state index is -0.0501. The van der Waals surface area contributed by atoms with Gasteiger partial charge in [0.25, 0.3) is 5.91 Å². The lowest BCUT2D eigenvalue weighted by Crippen LogP contribution is -2.21. The summed E-state index contributed by atoms with van der Waals surface area (Å²) in [5.74, 6) is -0.0501. The van der Waals surface area contributed by atoms with Gasteiger partial charge in [0.2, 0.25) is 0 Å². The Bertz CT molecular complexity index is 618. The predicted molar refractivity (Wildman–Crippen MR) is 79.4 cm³/mol. The standard InChI is InChI=1S/C14H19N5O/c1-18(2)14(20)10-4-5-12(15)13(8-10)16-9-11-6-7-19(3)17-11/h4-8,16H,9,15H2,1-3H3. The second kappa shape index (κ2) is 5.64.